The van der Waals surface area contributed by atoms with Gasteiger partial charge in [-0.2, -0.15) is 0 Å². The summed E-state index contributed by atoms with van der Waals surface area (Å²) in [6, 6.07) is 5.48. The lowest BCUT2D eigenvalue weighted by molar-refractivity contribution is 0.623. The number of anilines is 1. The Bertz CT molecular complexity index is 327. The van der Waals surface area contributed by atoms with Gasteiger partial charge in [-0.25, -0.2) is 4.39 Å². The monoisotopic (exact) mass is 197 g/mol. The third kappa shape index (κ3) is 1.53. The Morgan fingerprint density at radius 3 is 3.08 bits per heavy atom. The van der Waals surface area contributed by atoms with E-state index in [9.17, 15) is 4.39 Å². The van der Waals surface area contributed by atoms with E-state index >= 15 is 0 Å². The van der Waals surface area contributed by atoms with Gasteiger partial charge in [-0.3, -0.25) is 0 Å². The smallest absolute Gasteiger partial charge is 0.125 e. The maximum Gasteiger partial charge on any atom is 0.125 e. The van der Waals surface area contributed by atoms with Crippen LogP contribution in [0.3, 0.4) is 0 Å². The van der Waals surface area contributed by atoms with Crippen LogP contribution in [0.25, 0.3) is 0 Å². The number of rotatable bonds is 0. The van der Waals surface area contributed by atoms with Gasteiger partial charge < -0.3 is 4.90 Å². The molecule has 1 aliphatic rings. The first-order chi connectivity index (χ1) is 6.18. The topological polar surface area (TPSA) is 3.24 Å². The molecule has 1 nitrogen and oxygen atoms in total. The molecule has 1 heterocycles. The van der Waals surface area contributed by atoms with Gasteiger partial charge in [-0.15, -0.1) is 11.8 Å². The van der Waals surface area contributed by atoms with Crippen molar-refractivity contribution in [2.75, 3.05) is 17.7 Å². The summed E-state index contributed by atoms with van der Waals surface area (Å²) in [6.07, 6.45) is 0. The van der Waals surface area contributed by atoms with Crippen LogP contribution in [0.2, 0.25) is 0 Å². The molecule has 70 valence electrons. The Hall–Kier alpha value is -0.700. The van der Waals surface area contributed by atoms with Crippen molar-refractivity contribution in [3.63, 3.8) is 0 Å². The zero-order valence-corrected chi connectivity index (χ0v) is 8.57. The maximum atomic E-state index is 13.0. The number of benzene rings is 1. The van der Waals surface area contributed by atoms with Gasteiger partial charge in [0.15, 0.2) is 0 Å². The van der Waals surface area contributed by atoms with E-state index in [-0.39, 0.29) is 5.82 Å². The highest BCUT2D eigenvalue weighted by Gasteiger charge is 2.20. The number of thioether (sulfide) groups is 1. The van der Waals surface area contributed by atoms with Crippen molar-refractivity contribution in [3.05, 3.63) is 24.0 Å². The lowest BCUT2D eigenvalue weighted by Gasteiger charge is -2.33. The average Bonchev–Trinajstić information content (AvgIpc) is 2.12. The van der Waals surface area contributed by atoms with Crippen LogP contribution in [0.4, 0.5) is 10.1 Å². The van der Waals surface area contributed by atoms with E-state index in [0.717, 1.165) is 11.4 Å². The molecule has 0 aliphatic carbocycles. The van der Waals surface area contributed by atoms with Crippen molar-refractivity contribution >= 4 is 17.4 Å². The molecule has 1 aliphatic heterocycles. The van der Waals surface area contributed by atoms with Crippen LogP contribution in [0.5, 0.6) is 0 Å². The van der Waals surface area contributed by atoms with Crippen molar-refractivity contribution in [3.8, 4) is 0 Å². The van der Waals surface area contributed by atoms with Crippen LogP contribution < -0.4 is 4.90 Å². The molecule has 0 bridgehead atoms. The molecule has 0 N–H and O–H groups in total. The molecule has 2 rings (SSSR count). The van der Waals surface area contributed by atoms with Gasteiger partial charge in [0.2, 0.25) is 0 Å². The van der Waals surface area contributed by atoms with Gasteiger partial charge in [0.25, 0.3) is 0 Å². The first-order valence-electron chi connectivity index (χ1n) is 4.33. The van der Waals surface area contributed by atoms with Gasteiger partial charge in [0.1, 0.15) is 5.82 Å². The first-order valence-corrected chi connectivity index (χ1v) is 5.32. The molecule has 0 saturated heterocycles. The molecule has 0 fully saturated rings. The van der Waals surface area contributed by atoms with Crippen molar-refractivity contribution in [1.82, 2.24) is 0 Å². The third-order valence-electron chi connectivity index (χ3n) is 2.44. The molecule has 0 aromatic heterocycles. The predicted molar refractivity (Wildman–Crippen MR) is 55.0 cm³/mol. The van der Waals surface area contributed by atoms with Crippen LogP contribution in [-0.4, -0.2) is 18.8 Å². The second-order valence-electron chi connectivity index (χ2n) is 3.38. The summed E-state index contributed by atoms with van der Waals surface area (Å²) in [5.41, 5.74) is 1.02. The summed E-state index contributed by atoms with van der Waals surface area (Å²) in [5.74, 6) is 0.926. The van der Waals surface area contributed by atoms with E-state index in [1.807, 2.05) is 13.1 Å². The quantitative estimate of drug-likeness (QED) is 0.629. The molecule has 0 spiro atoms. The summed E-state index contributed by atoms with van der Waals surface area (Å²) in [5, 5.41) is 0. The van der Waals surface area contributed by atoms with Gasteiger partial charge in [0, 0.05) is 23.7 Å². The highest BCUT2D eigenvalue weighted by atomic mass is 32.2. The van der Waals surface area contributed by atoms with Gasteiger partial charge >= 0.3 is 0 Å². The molecule has 1 aromatic rings. The predicted octanol–water partition coefficient (Wildman–Crippen LogP) is 2.76. The third-order valence-corrected chi connectivity index (χ3v) is 3.75. The maximum absolute atomic E-state index is 13.0. The summed E-state index contributed by atoms with van der Waals surface area (Å²) < 4.78 is 13.0. The summed E-state index contributed by atoms with van der Waals surface area (Å²) >= 11 is 1.80. The number of fused-ring (bicyclic) bond motifs is 1. The Balaban J connectivity index is 2.45. The van der Waals surface area contributed by atoms with Crippen LogP contribution in [0, 0.1) is 5.82 Å². The largest absolute Gasteiger partial charge is 0.370 e. The van der Waals surface area contributed by atoms with E-state index in [1.165, 1.54) is 11.0 Å². The van der Waals surface area contributed by atoms with Crippen LogP contribution in [0.1, 0.15) is 6.92 Å². The molecule has 1 atom stereocenters. The van der Waals surface area contributed by atoms with Crippen LogP contribution in [0.15, 0.2) is 23.1 Å². The van der Waals surface area contributed by atoms with Crippen LogP contribution in [-0.2, 0) is 0 Å². The van der Waals surface area contributed by atoms with Crippen LogP contribution >= 0.6 is 11.8 Å². The van der Waals surface area contributed by atoms with Gasteiger partial charge in [-0.05, 0) is 25.1 Å². The van der Waals surface area contributed by atoms with E-state index in [4.69, 9.17) is 0 Å². The molecule has 1 unspecified atom stereocenters. The number of hydrogen-bond donors (Lipinski definition) is 0. The Morgan fingerprint density at radius 2 is 2.31 bits per heavy atom. The normalized spacial score (nSPS) is 21.5. The minimum absolute atomic E-state index is 0.152. The average molecular weight is 197 g/mol. The molecular formula is C10H12FNS. The molecule has 0 radical (unpaired) electrons. The highest BCUT2D eigenvalue weighted by molar-refractivity contribution is 7.99. The fourth-order valence-electron chi connectivity index (χ4n) is 1.45. The number of hydrogen-bond acceptors (Lipinski definition) is 2. The minimum Gasteiger partial charge on any atom is -0.370 e. The Kier molecular flexibility index (Phi) is 2.20. The minimum atomic E-state index is -0.152. The summed E-state index contributed by atoms with van der Waals surface area (Å²) in [6.45, 7) is 2.15. The zero-order valence-electron chi connectivity index (χ0n) is 7.75. The van der Waals surface area contributed by atoms with E-state index in [1.54, 1.807) is 17.8 Å². The zero-order chi connectivity index (χ0) is 9.42. The number of nitrogens with zero attached hydrogens (tertiary/aromatic N) is 1. The lowest BCUT2D eigenvalue weighted by atomic mass is 10.2. The van der Waals surface area contributed by atoms with Gasteiger partial charge in [0.05, 0.1) is 5.69 Å². The number of halogens is 1. The Labute approximate surface area is 81.9 Å². The Morgan fingerprint density at radius 1 is 1.54 bits per heavy atom. The summed E-state index contributed by atoms with van der Waals surface area (Å²) in [4.78, 5) is 3.32. The fourth-order valence-corrected chi connectivity index (χ4v) is 2.61. The first kappa shape index (κ1) is 8.88. The van der Waals surface area contributed by atoms with E-state index in [0.29, 0.717) is 6.04 Å². The second-order valence-corrected chi connectivity index (χ2v) is 4.44. The molecule has 3 heteroatoms. The SMILES string of the molecule is CC1CSc2ccc(F)cc2N1C. The molecule has 13 heavy (non-hydrogen) atoms. The van der Waals surface area contributed by atoms with Crippen molar-refractivity contribution in [1.29, 1.82) is 0 Å². The van der Waals surface area contributed by atoms with Crippen molar-refractivity contribution < 1.29 is 4.39 Å². The molecular weight excluding hydrogens is 185 g/mol. The second kappa shape index (κ2) is 3.22. The molecule has 0 saturated carbocycles. The van der Waals surface area contributed by atoms with E-state index < -0.39 is 0 Å². The van der Waals surface area contributed by atoms with E-state index in [2.05, 4.69) is 11.8 Å². The van der Waals surface area contributed by atoms with Crippen molar-refractivity contribution in [2.24, 2.45) is 0 Å². The fraction of sp³-hybridized carbons (Fsp3) is 0.400. The molecule has 0 amide bonds. The standard InChI is InChI=1S/C10H12FNS/c1-7-6-13-10-4-3-8(11)5-9(10)12(7)2/h3-5,7H,6H2,1-2H3. The van der Waals surface area contributed by atoms with Crippen molar-refractivity contribution in [2.45, 2.75) is 17.9 Å². The summed E-state index contributed by atoms with van der Waals surface area (Å²) in [7, 11) is 2.02. The highest BCUT2D eigenvalue weighted by Crippen LogP contribution is 2.36. The molecule has 1 aromatic carbocycles. The van der Waals surface area contributed by atoms with Gasteiger partial charge in [-0.1, -0.05) is 0 Å². The lowest BCUT2D eigenvalue weighted by Crippen LogP contribution is -2.33.